The van der Waals surface area contributed by atoms with E-state index in [9.17, 15) is 18.0 Å². The molecular weight excluding hydrogens is 377 g/mol. The van der Waals surface area contributed by atoms with E-state index in [-0.39, 0.29) is 0 Å². The van der Waals surface area contributed by atoms with Crippen molar-refractivity contribution in [3.8, 4) is 0 Å². The number of fused-ring (bicyclic) bond motifs is 1. The van der Waals surface area contributed by atoms with Crippen LogP contribution in [-0.2, 0) is 14.3 Å². The Labute approximate surface area is 163 Å². The number of rotatable bonds is 4. The second-order valence-corrected chi connectivity index (χ2v) is 8.31. The van der Waals surface area contributed by atoms with Crippen molar-refractivity contribution < 1.29 is 32.6 Å². The van der Waals surface area contributed by atoms with Gasteiger partial charge in [0.25, 0.3) is 0 Å². The molecule has 3 heterocycles. The van der Waals surface area contributed by atoms with Gasteiger partial charge in [-0.2, -0.15) is 13.2 Å². The predicted octanol–water partition coefficient (Wildman–Crippen LogP) is 2.52. The summed E-state index contributed by atoms with van der Waals surface area (Å²) in [5.74, 6) is -0.701. The molecule has 1 aliphatic carbocycles. The molecule has 0 aromatic heterocycles. The molecule has 4 aliphatic rings. The normalized spacial score (nSPS) is 29.2. The predicted molar refractivity (Wildman–Crippen MR) is 94.7 cm³/mol. The molecule has 2 atom stereocenters. The number of hydrogen-bond acceptors (Lipinski definition) is 4. The van der Waals surface area contributed by atoms with Crippen LogP contribution in [0.25, 0.3) is 0 Å². The number of ether oxygens (including phenoxy) is 1. The van der Waals surface area contributed by atoms with Gasteiger partial charge >= 0.3 is 12.1 Å². The maximum Gasteiger partial charge on any atom is 0.490 e. The summed E-state index contributed by atoms with van der Waals surface area (Å²) in [6, 6.07) is 1.16. The Morgan fingerprint density at radius 2 is 1.61 bits per heavy atom. The van der Waals surface area contributed by atoms with Gasteiger partial charge in [0, 0.05) is 51.4 Å². The molecule has 3 aliphatic heterocycles. The fourth-order valence-corrected chi connectivity index (χ4v) is 4.54. The first-order chi connectivity index (χ1) is 13.3. The molecule has 4 rings (SSSR count). The zero-order chi connectivity index (χ0) is 20.3. The van der Waals surface area contributed by atoms with E-state index < -0.39 is 12.1 Å². The van der Waals surface area contributed by atoms with Crippen molar-refractivity contribution in [3.63, 3.8) is 0 Å². The van der Waals surface area contributed by atoms with Crippen LogP contribution in [0.2, 0.25) is 0 Å². The van der Waals surface area contributed by atoms with Crippen molar-refractivity contribution in [2.45, 2.75) is 63.2 Å². The molecule has 1 N–H and O–H groups in total. The van der Waals surface area contributed by atoms with Crippen LogP contribution < -0.4 is 0 Å². The van der Waals surface area contributed by atoms with E-state index in [0.717, 1.165) is 44.4 Å². The van der Waals surface area contributed by atoms with E-state index in [1.54, 1.807) is 0 Å². The first kappa shape index (κ1) is 21.4. The maximum absolute atomic E-state index is 12.3. The van der Waals surface area contributed by atoms with Crippen molar-refractivity contribution in [2.75, 3.05) is 32.8 Å². The van der Waals surface area contributed by atoms with Gasteiger partial charge in [-0.05, 0) is 50.4 Å². The Balaban J connectivity index is 0.000000279. The molecule has 4 fully saturated rings. The van der Waals surface area contributed by atoms with Crippen LogP contribution in [0, 0.1) is 11.8 Å². The third-order valence-corrected chi connectivity index (χ3v) is 6.23. The van der Waals surface area contributed by atoms with Gasteiger partial charge in [-0.25, -0.2) is 4.79 Å². The minimum atomic E-state index is -5.08. The van der Waals surface area contributed by atoms with Gasteiger partial charge in [0.2, 0.25) is 5.91 Å². The molecular formula is C19H29F3N2O4. The van der Waals surface area contributed by atoms with Gasteiger partial charge in [0.15, 0.2) is 0 Å². The van der Waals surface area contributed by atoms with Crippen molar-refractivity contribution in [1.82, 2.24) is 9.80 Å². The third-order valence-electron chi connectivity index (χ3n) is 6.23. The average molecular weight is 406 g/mol. The molecule has 3 saturated heterocycles. The Morgan fingerprint density at radius 3 is 2.18 bits per heavy atom. The fraction of sp³-hybridized carbons (Fsp3) is 0.895. The topological polar surface area (TPSA) is 70.1 Å². The lowest BCUT2D eigenvalue weighted by Crippen LogP contribution is -2.53. The number of hydrogen-bond donors (Lipinski definition) is 1. The lowest BCUT2D eigenvalue weighted by atomic mass is 9.94. The van der Waals surface area contributed by atoms with E-state index in [0.29, 0.717) is 18.0 Å². The third kappa shape index (κ3) is 5.59. The number of alkyl halides is 3. The number of nitrogens with zero attached hydrogens (tertiary/aromatic N) is 2. The first-order valence-electron chi connectivity index (χ1n) is 10.2. The number of likely N-dealkylation sites (tertiary alicyclic amines) is 2. The Hall–Kier alpha value is -1.35. The van der Waals surface area contributed by atoms with Crippen LogP contribution in [0.1, 0.15) is 44.9 Å². The van der Waals surface area contributed by atoms with E-state index in [4.69, 9.17) is 14.6 Å². The van der Waals surface area contributed by atoms with E-state index in [1.165, 1.54) is 45.2 Å². The Morgan fingerprint density at radius 1 is 1.00 bits per heavy atom. The van der Waals surface area contributed by atoms with Gasteiger partial charge in [0.1, 0.15) is 0 Å². The van der Waals surface area contributed by atoms with Crippen molar-refractivity contribution in [3.05, 3.63) is 0 Å². The molecule has 9 heteroatoms. The number of aliphatic carboxylic acids is 1. The summed E-state index contributed by atoms with van der Waals surface area (Å²) in [6.45, 7) is 5.36. The van der Waals surface area contributed by atoms with Crippen LogP contribution >= 0.6 is 0 Å². The van der Waals surface area contributed by atoms with Crippen LogP contribution in [0.4, 0.5) is 13.2 Å². The molecule has 0 unspecified atom stereocenters. The number of carbonyl (C=O) groups is 2. The summed E-state index contributed by atoms with van der Waals surface area (Å²) in [5.41, 5.74) is 0. The fourth-order valence-electron chi connectivity index (χ4n) is 4.54. The summed E-state index contributed by atoms with van der Waals surface area (Å²) in [5, 5.41) is 7.12. The molecule has 0 bridgehead atoms. The summed E-state index contributed by atoms with van der Waals surface area (Å²) < 4.78 is 37.2. The number of carboxylic acids is 1. The maximum atomic E-state index is 12.3. The summed E-state index contributed by atoms with van der Waals surface area (Å²) in [7, 11) is 0. The van der Waals surface area contributed by atoms with Crippen LogP contribution in [0.5, 0.6) is 0 Å². The monoisotopic (exact) mass is 406 g/mol. The largest absolute Gasteiger partial charge is 0.490 e. The summed E-state index contributed by atoms with van der Waals surface area (Å²) in [6.07, 6.45) is 3.11. The second kappa shape index (κ2) is 8.98. The average Bonchev–Trinajstić information content (AvgIpc) is 3.38. The van der Waals surface area contributed by atoms with Gasteiger partial charge in [-0.3, -0.25) is 9.69 Å². The van der Waals surface area contributed by atoms with Crippen LogP contribution in [-0.4, -0.2) is 77.9 Å². The van der Waals surface area contributed by atoms with Crippen LogP contribution in [0.15, 0.2) is 0 Å². The van der Waals surface area contributed by atoms with Crippen LogP contribution in [0.3, 0.4) is 0 Å². The van der Waals surface area contributed by atoms with Crippen molar-refractivity contribution >= 4 is 11.9 Å². The molecule has 0 spiro atoms. The SMILES string of the molecule is O=C(O)C(F)(F)F.O=C1CC[C@@H]2[C@@H](CCN2CC2CCOCC2)N1CC1CC1. The summed E-state index contributed by atoms with van der Waals surface area (Å²) >= 11 is 0. The number of piperidine rings is 1. The minimum absolute atomic E-state index is 0.427. The highest BCUT2D eigenvalue weighted by atomic mass is 19.4. The lowest BCUT2D eigenvalue weighted by molar-refractivity contribution is -0.192. The number of amides is 1. The quantitative estimate of drug-likeness (QED) is 0.777. The van der Waals surface area contributed by atoms with Gasteiger partial charge in [-0.15, -0.1) is 0 Å². The van der Waals surface area contributed by atoms with Gasteiger partial charge in [0.05, 0.1) is 0 Å². The molecule has 28 heavy (non-hydrogen) atoms. The molecule has 6 nitrogen and oxygen atoms in total. The Bertz CT molecular complexity index is 562. The molecule has 0 aromatic rings. The smallest absolute Gasteiger partial charge is 0.475 e. The highest BCUT2D eigenvalue weighted by Gasteiger charge is 2.44. The molecule has 1 amide bonds. The van der Waals surface area contributed by atoms with Gasteiger partial charge in [-0.1, -0.05) is 0 Å². The van der Waals surface area contributed by atoms with E-state index in [2.05, 4.69) is 9.80 Å². The number of halogens is 3. The molecule has 0 aromatic carbocycles. The first-order valence-corrected chi connectivity index (χ1v) is 10.2. The molecule has 0 radical (unpaired) electrons. The second-order valence-electron chi connectivity index (χ2n) is 8.31. The molecule has 1 saturated carbocycles. The van der Waals surface area contributed by atoms with E-state index >= 15 is 0 Å². The van der Waals surface area contributed by atoms with Gasteiger partial charge < -0.3 is 14.7 Å². The zero-order valence-electron chi connectivity index (χ0n) is 16.0. The highest BCUT2D eigenvalue weighted by Crippen LogP contribution is 2.37. The summed E-state index contributed by atoms with van der Waals surface area (Å²) in [4.78, 5) is 26.1. The molecule has 160 valence electrons. The van der Waals surface area contributed by atoms with E-state index in [1.807, 2.05) is 0 Å². The van der Waals surface area contributed by atoms with Crippen molar-refractivity contribution in [1.29, 1.82) is 0 Å². The Kier molecular flexibility index (Phi) is 6.85. The lowest BCUT2D eigenvalue weighted by Gasteiger charge is -2.41. The highest BCUT2D eigenvalue weighted by molar-refractivity contribution is 5.77. The number of carbonyl (C=O) groups excluding carboxylic acids is 1. The van der Waals surface area contributed by atoms with Crippen molar-refractivity contribution in [2.24, 2.45) is 11.8 Å². The standard InChI is InChI=1S/C17H28N2O2.C2HF3O2/c20-17-4-3-15-16(19(17)12-13-1-2-13)5-8-18(15)11-14-6-9-21-10-7-14;3-2(4,5)1(6)7/h13-16H,1-12H2;(H,6,7)/t15-,16-;/m1./s1. The zero-order valence-corrected chi connectivity index (χ0v) is 16.0. The minimum Gasteiger partial charge on any atom is -0.475 e. The number of carboxylic acid groups (broad SMARTS) is 1.